The van der Waals surface area contributed by atoms with Gasteiger partial charge in [-0.3, -0.25) is 4.79 Å². The smallest absolute Gasteiger partial charge is 0.248 e. The minimum atomic E-state index is -0.442. The van der Waals surface area contributed by atoms with Gasteiger partial charge in [0.1, 0.15) is 0 Å². The lowest BCUT2D eigenvalue weighted by molar-refractivity contribution is 0.100. The van der Waals surface area contributed by atoms with E-state index in [1.807, 2.05) is 18.2 Å². The van der Waals surface area contributed by atoms with E-state index in [2.05, 4.69) is 10.3 Å². The molecule has 0 unspecified atom stereocenters. The van der Waals surface area contributed by atoms with Crippen LogP contribution in [0.1, 0.15) is 15.9 Å². The van der Waals surface area contributed by atoms with Crippen LogP contribution >= 0.6 is 0 Å². The van der Waals surface area contributed by atoms with Crippen LogP contribution in [0.2, 0.25) is 0 Å². The maximum Gasteiger partial charge on any atom is 0.248 e. The number of benzene rings is 1. The molecule has 0 saturated heterocycles. The lowest BCUT2D eigenvalue weighted by Crippen LogP contribution is -2.11. The van der Waals surface area contributed by atoms with Gasteiger partial charge in [0.25, 0.3) is 0 Å². The summed E-state index contributed by atoms with van der Waals surface area (Å²) < 4.78 is 5.17. The van der Waals surface area contributed by atoms with Crippen molar-refractivity contribution in [2.24, 2.45) is 5.73 Å². The highest BCUT2D eigenvalue weighted by molar-refractivity contribution is 5.93. The molecule has 2 aromatic rings. The van der Waals surface area contributed by atoms with Crippen molar-refractivity contribution in [3.8, 4) is 5.88 Å². The van der Waals surface area contributed by atoms with Gasteiger partial charge in [-0.25, -0.2) is 4.98 Å². The van der Waals surface area contributed by atoms with Crippen molar-refractivity contribution >= 4 is 11.6 Å². The van der Waals surface area contributed by atoms with Gasteiger partial charge in [-0.2, -0.15) is 0 Å². The SMILES string of the molecule is COc1ncccc1CNc1cccc(C(N)=O)c1. The molecule has 3 N–H and O–H groups in total. The number of methoxy groups -OCH3 is 1. The standard InChI is InChI=1S/C14H15N3O2/c1-19-14-11(5-3-7-16-14)9-17-12-6-2-4-10(8-12)13(15)18/h2-8,17H,9H2,1H3,(H2,15,18). The number of hydrogen-bond donors (Lipinski definition) is 2. The van der Waals surface area contributed by atoms with Crippen LogP contribution in [0.4, 0.5) is 5.69 Å². The van der Waals surface area contributed by atoms with E-state index in [1.54, 1.807) is 31.5 Å². The Morgan fingerprint density at radius 1 is 1.37 bits per heavy atom. The third-order valence-electron chi connectivity index (χ3n) is 2.67. The van der Waals surface area contributed by atoms with Gasteiger partial charge in [0.05, 0.1) is 7.11 Å². The van der Waals surface area contributed by atoms with Crippen LogP contribution in [-0.2, 0) is 6.54 Å². The highest BCUT2D eigenvalue weighted by Gasteiger charge is 2.04. The second-order valence-corrected chi connectivity index (χ2v) is 3.97. The Morgan fingerprint density at radius 2 is 2.21 bits per heavy atom. The molecule has 0 aliphatic carbocycles. The zero-order valence-electron chi connectivity index (χ0n) is 10.6. The molecule has 0 fully saturated rings. The Balaban J connectivity index is 2.10. The number of ether oxygens (including phenoxy) is 1. The Morgan fingerprint density at radius 3 is 2.95 bits per heavy atom. The second-order valence-electron chi connectivity index (χ2n) is 3.97. The average Bonchev–Trinajstić information content (AvgIpc) is 2.45. The van der Waals surface area contributed by atoms with Crippen LogP contribution in [0, 0.1) is 0 Å². The first-order valence-corrected chi connectivity index (χ1v) is 5.82. The van der Waals surface area contributed by atoms with E-state index in [4.69, 9.17) is 10.5 Å². The summed E-state index contributed by atoms with van der Waals surface area (Å²) >= 11 is 0. The van der Waals surface area contributed by atoms with Crippen molar-refractivity contribution in [2.45, 2.75) is 6.54 Å². The van der Waals surface area contributed by atoms with Gasteiger partial charge in [0.2, 0.25) is 11.8 Å². The monoisotopic (exact) mass is 257 g/mol. The van der Waals surface area contributed by atoms with E-state index in [0.29, 0.717) is 18.0 Å². The molecular weight excluding hydrogens is 242 g/mol. The van der Waals surface area contributed by atoms with Gasteiger partial charge in [-0.15, -0.1) is 0 Å². The maximum absolute atomic E-state index is 11.1. The molecule has 0 aliphatic heterocycles. The number of nitrogens with zero attached hydrogens (tertiary/aromatic N) is 1. The van der Waals surface area contributed by atoms with Crippen LogP contribution in [0.3, 0.4) is 0 Å². The molecule has 5 heteroatoms. The van der Waals surface area contributed by atoms with E-state index in [1.165, 1.54) is 0 Å². The third kappa shape index (κ3) is 3.22. The van der Waals surface area contributed by atoms with Crippen LogP contribution in [0.15, 0.2) is 42.6 Å². The number of amides is 1. The van der Waals surface area contributed by atoms with Crippen molar-refractivity contribution in [2.75, 3.05) is 12.4 Å². The number of hydrogen-bond acceptors (Lipinski definition) is 4. The number of nitrogens with two attached hydrogens (primary N) is 1. The first kappa shape index (κ1) is 12.9. The molecule has 1 amide bonds. The Bertz CT molecular complexity index is 584. The molecule has 1 aromatic heterocycles. The normalized spacial score (nSPS) is 9.95. The van der Waals surface area contributed by atoms with Crippen molar-refractivity contribution in [1.82, 2.24) is 4.98 Å². The van der Waals surface area contributed by atoms with Crippen molar-refractivity contribution in [3.63, 3.8) is 0 Å². The molecular formula is C14H15N3O2. The lowest BCUT2D eigenvalue weighted by Gasteiger charge is -2.10. The molecule has 19 heavy (non-hydrogen) atoms. The topological polar surface area (TPSA) is 77.2 Å². The first-order chi connectivity index (χ1) is 9.20. The van der Waals surface area contributed by atoms with E-state index in [9.17, 15) is 4.79 Å². The van der Waals surface area contributed by atoms with Crippen LogP contribution < -0.4 is 15.8 Å². The van der Waals surface area contributed by atoms with Gasteiger partial charge in [0, 0.05) is 29.6 Å². The molecule has 2 rings (SSSR count). The Hall–Kier alpha value is -2.56. The quantitative estimate of drug-likeness (QED) is 0.856. The largest absolute Gasteiger partial charge is 0.481 e. The molecule has 5 nitrogen and oxygen atoms in total. The lowest BCUT2D eigenvalue weighted by atomic mass is 10.2. The summed E-state index contributed by atoms with van der Waals surface area (Å²) in [5.74, 6) is 0.142. The van der Waals surface area contributed by atoms with Gasteiger partial charge < -0.3 is 15.8 Å². The number of aromatic nitrogens is 1. The predicted molar refractivity (Wildman–Crippen MR) is 73.1 cm³/mol. The summed E-state index contributed by atoms with van der Waals surface area (Å²) in [6, 6.07) is 10.8. The fourth-order valence-corrected chi connectivity index (χ4v) is 1.72. The van der Waals surface area contributed by atoms with Crippen LogP contribution in [0.25, 0.3) is 0 Å². The fourth-order valence-electron chi connectivity index (χ4n) is 1.72. The zero-order valence-corrected chi connectivity index (χ0v) is 10.6. The number of nitrogens with one attached hydrogen (secondary N) is 1. The molecule has 1 aromatic carbocycles. The van der Waals surface area contributed by atoms with Gasteiger partial charge >= 0.3 is 0 Å². The summed E-state index contributed by atoms with van der Waals surface area (Å²) in [5.41, 5.74) is 7.47. The number of carbonyl (C=O) groups is 1. The fraction of sp³-hybridized carbons (Fsp3) is 0.143. The predicted octanol–water partition coefficient (Wildman–Crippen LogP) is 1.80. The number of pyridine rings is 1. The Labute approximate surface area is 111 Å². The van der Waals surface area contributed by atoms with E-state index in [-0.39, 0.29) is 0 Å². The number of anilines is 1. The summed E-state index contributed by atoms with van der Waals surface area (Å²) in [7, 11) is 1.58. The molecule has 0 aliphatic rings. The van der Waals surface area contributed by atoms with Crippen LogP contribution in [0.5, 0.6) is 5.88 Å². The van der Waals surface area contributed by atoms with Crippen molar-refractivity contribution in [3.05, 3.63) is 53.7 Å². The molecule has 0 atom stereocenters. The summed E-state index contributed by atoms with van der Waals surface area (Å²) in [6.07, 6.45) is 1.68. The highest BCUT2D eigenvalue weighted by Crippen LogP contribution is 2.16. The molecule has 0 saturated carbocycles. The minimum absolute atomic E-state index is 0.442. The van der Waals surface area contributed by atoms with E-state index in [0.717, 1.165) is 11.3 Å². The highest BCUT2D eigenvalue weighted by atomic mass is 16.5. The van der Waals surface area contributed by atoms with Gasteiger partial charge in [-0.05, 0) is 24.3 Å². The maximum atomic E-state index is 11.1. The van der Waals surface area contributed by atoms with Gasteiger partial charge in [0.15, 0.2) is 0 Å². The van der Waals surface area contributed by atoms with Gasteiger partial charge in [-0.1, -0.05) is 12.1 Å². The van der Waals surface area contributed by atoms with Crippen molar-refractivity contribution < 1.29 is 9.53 Å². The molecule has 0 bridgehead atoms. The summed E-state index contributed by atoms with van der Waals surface area (Å²) in [4.78, 5) is 15.2. The van der Waals surface area contributed by atoms with Crippen LogP contribution in [-0.4, -0.2) is 18.0 Å². The van der Waals surface area contributed by atoms with E-state index < -0.39 is 5.91 Å². The number of primary amides is 1. The zero-order chi connectivity index (χ0) is 13.7. The van der Waals surface area contributed by atoms with E-state index >= 15 is 0 Å². The summed E-state index contributed by atoms with van der Waals surface area (Å²) in [5, 5.41) is 3.20. The molecule has 0 radical (unpaired) electrons. The number of carbonyl (C=O) groups excluding carboxylic acids is 1. The molecule has 98 valence electrons. The first-order valence-electron chi connectivity index (χ1n) is 5.82. The number of rotatable bonds is 5. The minimum Gasteiger partial charge on any atom is -0.481 e. The molecule has 1 heterocycles. The second kappa shape index (κ2) is 5.86. The van der Waals surface area contributed by atoms with Crippen molar-refractivity contribution in [1.29, 1.82) is 0 Å². The average molecular weight is 257 g/mol. The third-order valence-corrected chi connectivity index (χ3v) is 2.67. The molecule has 0 spiro atoms. The summed E-state index contributed by atoms with van der Waals surface area (Å²) in [6.45, 7) is 0.555. The Kier molecular flexibility index (Phi) is 3.97.